The van der Waals surface area contributed by atoms with Crippen LogP contribution >= 0.6 is 11.8 Å². The average Bonchev–Trinajstić information content (AvgIpc) is 3.21. The number of carbonyl (C=O) groups is 1. The maximum absolute atomic E-state index is 12.3. The van der Waals surface area contributed by atoms with Crippen molar-refractivity contribution in [3.8, 4) is 22.9 Å². The number of benzene rings is 1. The van der Waals surface area contributed by atoms with Crippen LogP contribution in [-0.2, 0) is 4.79 Å². The lowest BCUT2D eigenvalue weighted by Crippen LogP contribution is -2.27. The Kier molecular flexibility index (Phi) is 8.63. The maximum atomic E-state index is 12.3. The van der Waals surface area contributed by atoms with Crippen LogP contribution in [0.15, 0.2) is 23.4 Å². The third-order valence-electron chi connectivity index (χ3n) is 5.62. The zero-order valence-electron chi connectivity index (χ0n) is 19.0. The van der Waals surface area contributed by atoms with Crippen LogP contribution in [0.1, 0.15) is 58.4 Å². The van der Waals surface area contributed by atoms with Crippen LogP contribution in [0.25, 0.3) is 11.4 Å². The van der Waals surface area contributed by atoms with Crippen LogP contribution < -0.4 is 14.8 Å². The summed E-state index contributed by atoms with van der Waals surface area (Å²) in [7, 11) is 3.26. The third-order valence-corrected chi connectivity index (χ3v) is 6.57. The maximum Gasteiger partial charge on any atom is 0.230 e. The van der Waals surface area contributed by atoms with Gasteiger partial charge in [-0.25, -0.2) is 0 Å². The van der Waals surface area contributed by atoms with E-state index in [2.05, 4.69) is 33.9 Å². The first kappa shape index (κ1) is 23.4. The van der Waals surface area contributed by atoms with E-state index in [-0.39, 0.29) is 5.91 Å². The van der Waals surface area contributed by atoms with Gasteiger partial charge < -0.3 is 14.8 Å². The molecular weight excluding hydrogens is 412 g/mol. The number of amides is 1. The highest BCUT2D eigenvalue weighted by Gasteiger charge is 2.25. The SMILES string of the molecule is COc1ccc(-c2nnc(SCC(=O)NCCC(C)C)n2C2CCCCC2)cc1OC. The first-order chi connectivity index (χ1) is 15.0. The van der Waals surface area contributed by atoms with Crippen LogP contribution in [0.4, 0.5) is 0 Å². The molecule has 170 valence electrons. The molecule has 0 radical (unpaired) electrons. The number of nitrogens with zero attached hydrogens (tertiary/aromatic N) is 3. The van der Waals surface area contributed by atoms with E-state index in [1.54, 1.807) is 14.2 Å². The lowest BCUT2D eigenvalue weighted by atomic mass is 9.95. The molecule has 3 rings (SSSR count). The minimum atomic E-state index is 0.0384. The number of rotatable bonds is 10. The van der Waals surface area contributed by atoms with E-state index in [0.29, 0.717) is 35.8 Å². The zero-order valence-corrected chi connectivity index (χ0v) is 19.8. The van der Waals surface area contributed by atoms with Crippen molar-refractivity contribution in [2.24, 2.45) is 5.92 Å². The number of ether oxygens (including phenoxy) is 2. The lowest BCUT2D eigenvalue weighted by Gasteiger charge is -2.25. The van der Waals surface area contributed by atoms with Crippen molar-refractivity contribution in [3.63, 3.8) is 0 Å². The lowest BCUT2D eigenvalue weighted by molar-refractivity contribution is -0.118. The van der Waals surface area contributed by atoms with E-state index in [1.165, 1.54) is 31.0 Å². The summed E-state index contributed by atoms with van der Waals surface area (Å²) in [6.07, 6.45) is 6.87. The van der Waals surface area contributed by atoms with E-state index in [1.807, 2.05) is 18.2 Å². The fourth-order valence-corrected chi connectivity index (χ4v) is 4.73. The van der Waals surface area contributed by atoms with Crippen LogP contribution in [0, 0.1) is 5.92 Å². The second-order valence-corrected chi connectivity index (χ2v) is 9.30. The van der Waals surface area contributed by atoms with Crippen LogP contribution in [-0.4, -0.2) is 47.2 Å². The topological polar surface area (TPSA) is 78.3 Å². The Morgan fingerprint density at radius 2 is 1.90 bits per heavy atom. The highest BCUT2D eigenvalue weighted by Crippen LogP contribution is 2.38. The van der Waals surface area contributed by atoms with E-state index >= 15 is 0 Å². The molecule has 1 aromatic carbocycles. The summed E-state index contributed by atoms with van der Waals surface area (Å²) in [4.78, 5) is 12.3. The summed E-state index contributed by atoms with van der Waals surface area (Å²) < 4.78 is 13.1. The van der Waals surface area contributed by atoms with Gasteiger partial charge in [0.1, 0.15) is 0 Å². The van der Waals surface area contributed by atoms with Crippen molar-refractivity contribution < 1.29 is 14.3 Å². The summed E-state index contributed by atoms with van der Waals surface area (Å²) in [5, 5.41) is 12.8. The van der Waals surface area contributed by atoms with Crippen molar-refractivity contribution in [1.29, 1.82) is 0 Å². The quantitative estimate of drug-likeness (QED) is 0.532. The molecule has 1 aromatic heterocycles. The van der Waals surface area contributed by atoms with E-state index in [9.17, 15) is 4.79 Å². The molecule has 0 aliphatic heterocycles. The molecule has 31 heavy (non-hydrogen) atoms. The van der Waals surface area contributed by atoms with Gasteiger partial charge in [0.15, 0.2) is 22.5 Å². The first-order valence-electron chi connectivity index (χ1n) is 11.1. The average molecular weight is 447 g/mol. The Hall–Kier alpha value is -2.22. The van der Waals surface area contributed by atoms with Crippen LogP contribution in [0.2, 0.25) is 0 Å². The van der Waals surface area contributed by atoms with Crippen molar-refractivity contribution in [1.82, 2.24) is 20.1 Å². The fraction of sp³-hybridized carbons (Fsp3) is 0.609. The number of methoxy groups -OCH3 is 2. The van der Waals surface area contributed by atoms with E-state index < -0.39 is 0 Å². The molecule has 1 heterocycles. The molecule has 1 saturated carbocycles. The molecule has 7 nitrogen and oxygen atoms in total. The first-order valence-corrected chi connectivity index (χ1v) is 12.1. The van der Waals surface area contributed by atoms with Gasteiger partial charge in [-0.2, -0.15) is 0 Å². The number of aromatic nitrogens is 3. The van der Waals surface area contributed by atoms with E-state index in [4.69, 9.17) is 9.47 Å². The second-order valence-electron chi connectivity index (χ2n) is 8.36. The molecule has 0 saturated heterocycles. The minimum Gasteiger partial charge on any atom is -0.493 e. The number of hydrogen-bond acceptors (Lipinski definition) is 6. The molecule has 0 atom stereocenters. The molecule has 0 bridgehead atoms. The number of nitrogens with one attached hydrogen (secondary N) is 1. The molecule has 1 amide bonds. The summed E-state index contributed by atoms with van der Waals surface area (Å²) in [5.41, 5.74) is 0.934. The number of hydrogen-bond donors (Lipinski definition) is 1. The predicted molar refractivity (Wildman–Crippen MR) is 124 cm³/mol. The number of carbonyl (C=O) groups excluding carboxylic acids is 1. The van der Waals surface area contributed by atoms with Gasteiger partial charge in [0.2, 0.25) is 5.91 Å². The molecule has 1 aliphatic carbocycles. The monoisotopic (exact) mass is 446 g/mol. The van der Waals surface area contributed by atoms with Crippen molar-refractivity contribution in [2.45, 2.75) is 63.6 Å². The van der Waals surface area contributed by atoms with E-state index in [0.717, 1.165) is 35.8 Å². The minimum absolute atomic E-state index is 0.0384. The summed E-state index contributed by atoms with van der Waals surface area (Å²) in [6, 6.07) is 6.16. The van der Waals surface area contributed by atoms with Gasteiger partial charge >= 0.3 is 0 Å². The van der Waals surface area contributed by atoms with Gasteiger partial charge in [-0.1, -0.05) is 44.9 Å². The van der Waals surface area contributed by atoms with Gasteiger partial charge in [-0.05, 0) is 43.4 Å². The van der Waals surface area contributed by atoms with Crippen molar-refractivity contribution in [2.75, 3.05) is 26.5 Å². The Bertz CT molecular complexity index is 863. The second kappa shape index (κ2) is 11.4. The Morgan fingerprint density at radius 1 is 1.16 bits per heavy atom. The molecule has 1 aliphatic rings. The largest absolute Gasteiger partial charge is 0.493 e. The zero-order chi connectivity index (χ0) is 22.2. The summed E-state index contributed by atoms with van der Waals surface area (Å²) in [6.45, 7) is 5.02. The molecular formula is C23H34N4O3S. The van der Waals surface area contributed by atoms with Gasteiger partial charge in [0, 0.05) is 18.2 Å². The Morgan fingerprint density at radius 3 is 2.58 bits per heavy atom. The van der Waals surface area contributed by atoms with Gasteiger partial charge in [-0.15, -0.1) is 10.2 Å². The Balaban J connectivity index is 1.82. The van der Waals surface area contributed by atoms with Crippen LogP contribution in [0.3, 0.4) is 0 Å². The van der Waals surface area contributed by atoms with Gasteiger partial charge in [0.05, 0.1) is 20.0 Å². The smallest absolute Gasteiger partial charge is 0.230 e. The fourth-order valence-electron chi connectivity index (χ4n) is 3.90. The standard InChI is InChI=1S/C23H34N4O3S/c1-16(2)12-13-24-21(28)15-31-23-26-25-22(27(23)18-8-6-5-7-9-18)17-10-11-19(29-3)20(14-17)30-4/h10-11,14,16,18H,5-9,12-13,15H2,1-4H3,(H,24,28). The predicted octanol–water partition coefficient (Wildman–Crippen LogP) is 4.72. The Labute approximate surface area is 189 Å². The number of thioether (sulfide) groups is 1. The third kappa shape index (κ3) is 6.15. The summed E-state index contributed by atoms with van der Waals surface area (Å²) >= 11 is 1.46. The normalized spacial score (nSPS) is 14.6. The van der Waals surface area contributed by atoms with Gasteiger partial charge in [-0.3, -0.25) is 9.36 Å². The molecule has 0 unspecified atom stereocenters. The molecule has 0 spiro atoms. The van der Waals surface area contributed by atoms with Crippen molar-refractivity contribution in [3.05, 3.63) is 18.2 Å². The summed E-state index contributed by atoms with van der Waals surface area (Å²) in [5.74, 6) is 3.12. The highest BCUT2D eigenvalue weighted by molar-refractivity contribution is 7.99. The molecule has 1 N–H and O–H groups in total. The van der Waals surface area contributed by atoms with Gasteiger partial charge in [0.25, 0.3) is 0 Å². The van der Waals surface area contributed by atoms with Crippen molar-refractivity contribution >= 4 is 17.7 Å². The molecule has 8 heteroatoms. The molecule has 2 aromatic rings. The highest BCUT2D eigenvalue weighted by atomic mass is 32.2. The van der Waals surface area contributed by atoms with Crippen LogP contribution in [0.5, 0.6) is 11.5 Å². The molecule has 1 fully saturated rings.